The Morgan fingerprint density at radius 1 is 1.38 bits per heavy atom. The Balaban J connectivity index is 1.93. The lowest BCUT2D eigenvalue weighted by Crippen LogP contribution is -2.21. The Labute approximate surface area is 134 Å². The molecule has 1 aromatic carbocycles. The van der Waals surface area contributed by atoms with Crippen LogP contribution >= 0.6 is 27.5 Å². The topological polar surface area (TPSA) is 68.5 Å². The summed E-state index contributed by atoms with van der Waals surface area (Å²) in [6.07, 6.45) is 1.35. The molecule has 1 N–H and O–H groups in total. The van der Waals surface area contributed by atoms with Gasteiger partial charge in [0.05, 0.1) is 11.3 Å². The lowest BCUT2D eigenvalue weighted by molar-refractivity contribution is -0.119. The summed E-state index contributed by atoms with van der Waals surface area (Å²) in [5.41, 5.74) is 1.28. The van der Waals surface area contributed by atoms with Crippen molar-refractivity contribution in [1.29, 1.82) is 0 Å². The van der Waals surface area contributed by atoms with Gasteiger partial charge in [0.1, 0.15) is 0 Å². The number of nitrogens with one attached hydrogen (secondary N) is 1. The zero-order valence-electron chi connectivity index (χ0n) is 11.0. The molecule has 0 fully saturated rings. The third-order valence-electron chi connectivity index (χ3n) is 2.67. The molecule has 0 bridgehead atoms. The molecular formula is C14H11BrClNO4. The maximum atomic E-state index is 11.8. The van der Waals surface area contributed by atoms with Crippen LogP contribution in [0.4, 0.5) is 5.69 Å². The van der Waals surface area contributed by atoms with Crippen LogP contribution in [0, 0.1) is 6.92 Å². The van der Waals surface area contributed by atoms with E-state index in [0.717, 1.165) is 10.0 Å². The van der Waals surface area contributed by atoms with Crippen molar-refractivity contribution in [3.05, 3.63) is 51.3 Å². The molecule has 1 amide bonds. The van der Waals surface area contributed by atoms with Gasteiger partial charge in [-0.05, 0) is 52.7 Å². The summed E-state index contributed by atoms with van der Waals surface area (Å²) >= 11 is 9.36. The van der Waals surface area contributed by atoms with E-state index >= 15 is 0 Å². The highest BCUT2D eigenvalue weighted by Gasteiger charge is 2.14. The standard InChI is InChI=1S/C14H11BrClNO4/c1-8-10(5-4-9(15)13(8)16)17-12(18)7-21-14(19)11-3-2-6-20-11/h2-6H,7H2,1H3,(H,17,18). The van der Waals surface area contributed by atoms with Crippen molar-refractivity contribution in [2.45, 2.75) is 6.92 Å². The van der Waals surface area contributed by atoms with E-state index < -0.39 is 18.5 Å². The smallest absolute Gasteiger partial charge is 0.374 e. The molecule has 0 aliphatic carbocycles. The number of amides is 1. The predicted molar refractivity (Wildman–Crippen MR) is 81.5 cm³/mol. The highest BCUT2D eigenvalue weighted by molar-refractivity contribution is 9.10. The van der Waals surface area contributed by atoms with Crippen molar-refractivity contribution in [2.75, 3.05) is 11.9 Å². The Kier molecular flexibility index (Phi) is 5.03. The monoisotopic (exact) mass is 371 g/mol. The van der Waals surface area contributed by atoms with E-state index in [0.29, 0.717) is 10.7 Å². The normalized spacial score (nSPS) is 10.2. The van der Waals surface area contributed by atoms with Crippen molar-refractivity contribution in [1.82, 2.24) is 0 Å². The van der Waals surface area contributed by atoms with E-state index in [1.165, 1.54) is 12.3 Å². The predicted octanol–water partition coefficient (Wildman–Crippen LogP) is 3.80. The molecule has 21 heavy (non-hydrogen) atoms. The largest absolute Gasteiger partial charge is 0.457 e. The van der Waals surface area contributed by atoms with Gasteiger partial charge >= 0.3 is 5.97 Å². The number of esters is 1. The van der Waals surface area contributed by atoms with Crippen LogP contribution in [0.3, 0.4) is 0 Å². The maximum absolute atomic E-state index is 11.8. The SMILES string of the molecule is Cc1c(NC(=O)COC(=O)c2ccco2)ccc(Br)c1Cl. The number of carbonyl (C=O) groups excluding carboxylic acids is 2. The average molecular weight is 373 g/mol. The lowest BCUT2D eigenvalue weighted by Gasteiger charge is -2.10. The first-order valence-electron chi connectivity index (χ1n) is 5.94. The molecule has 7 heteroatoms. The molecule has 0 atom stereocenters. The number of hydrogen-bond acceptors (Lipinski definition) is 4. The number of furan rings is 1. The van der Waals surface area contributed by atoms with Crippen LogP contribution in [-0.2, 0) is 9.53 Å². The molecule has 0 unspecified atom stereocenters. The van der Waals surface area contributed by atoms with E-state index in [-0.39, 0.29) is 5.76 Å². The molecule has 0 spiro atoms. The molecule has 0 saturated carbocycles. The fourth-order valence-electron chi connectivity index (χ4n) is 1.57. The molecule has 110 valence electrons. The second-order valence-electron chi connectivity index (χ2n) is 4.14. The number of benzene rings is 1. The van der Waals surface area contributed by atoms with Gasteiger partial charge in [0.15, 0.2) is 6.61 Å². The number of halogens is 2. The van der Waals surface area contributed by atoms with Gasteiger partial charge in [-0.1, -0.05) is 11.6 Å². The van der Waals surface area contributed by atoms with Crippen molar-refractivity contribution < 1.29 is 18.7 Å². The van der Waals surface area contributed by atoms with E-state index in [4.69, 9.17) is 20.8 Å². The first-order valence-corrected chi connectivity index (χ1v) is 7.11. The minimum absolute atomic E-state index is 0.0469. The summed E-state index contributed by atoms with van der Waals surface area (Å²) in [5, 5.41) is 3.14. The number of anilines is 1. The molecule has 0 radical (unpaired) electrons. The number of hydrogen-bond donors (Lipinski definition) is 1. The van der Waals surface area contributed by atoms with Crippen molar-refractivity contribution in [3.8, 4) is 0 Å². The number of carbonyl (C=O) groups is 2. The molecular weight excluding hydrogens is 362 g/mol. The van der Waals surface area contributed by atoms with E-state index in [1.807, 2.05) is 0 Å². The Hall–Kier alpha value is -1.79. The van der Waals surface area contributed by atoms with Crippen LogP contribution in [0.15, 0.2) is 39.4 Å². The molecule has 0 aliphatic heterocycles. The molecule has 0 saturated heterocycles. The zero-order valence-corrected chi connectivity index (χ0v) is 13.3. The molecule has 2 rings (SSSR count). The minimum Gasteiger partial charge on any atom is -0.457 e. The third kappa shape index (κ3) is 3.86. The molecule has 1 aromatic heterocycles. The zero-order chi connectivity index (χ0) is 15.4. The second-order valence-corrected chi connectivity index (χ2v) is 5.37. The van der Waals surface area contributed by atoms with Gasteiger partial charge in [0.2, 0.25) is 5.76 Å². The summed E-state index contributed by atoms with van der Waals surface area (Å²) in [7, 11) is 0. The van der Waals surface area contributed by atoms with Gasteiger partial charge in [-0.25, -0.2) is 4.79 Å². The Morgan fingerprint density at radius 2 is 2.14 bits per heavy atom. The van der Waals surface area contributed by atoms with Crippen LogP contribution in [0.1, 0.15) is 16.1 Å². The quantitative estimate of drug-likeness (QED) is 0.829. The summed E-state index contributed by atoms with van der Waals surface area (Å²) in [5.74, 6) is -1.11. The molecule has 2 aromatic rings. The Morgan fingerprint density at radius 3 is 2.81 bits per heavy atom. The Bertz CT molecular complexity index is 670. The molecule has 1 heterocycles. The van der Waals surface area contributed by atoms with Crippen LogP contribution in [-0.4, -0.2) is 18.5 Å². The van der Waals surface area contributed by atoms with Crippen LogP contribution in [0.5, 0.6) is 0 Å². The van der Waals surface area contributed by atoms with Gasteiger partial charge in [-0.2, -0.15) is 0 Å². The fourth-order valence-corrected chi connectivity index (χ4v) is 2.16. The number of rotatable bonds is 4. The van der Waals surface area contributed by atoms with Gasteiger partial charge in [-0.3, -0.25) is 4.79 Å². The molecule has 0 aliphatic rings. The molecule has 5 nitrogen and oxygen atoms in total. The third-order valence-corrected chi connectivity index (χ3v) is 4.05. The highest BCUT2D eigenvalue weighted by atomic mass is 79.9. The highest BCUT2D eigenvalue weighted by Crippen LogP contribution is 2.30. The summed E-state index contributed by atoms with van der Waals surface area (Å²) < 4.78 is 10.4. The van der Waals surface area contributed by atoms with Gasteiger partial charge < -0.3 is 14.5 Å². The summed E-state index contributed by atoms with van der Waals surface area (Å²) in [4.78, 5) is 23.3. The first-order chi connectivity index (χ1) is 9.99. The number of ether oxygens (including phenoxy) is 1. The van der Waals surface area contributed by atoms with Gasteiger partial charge in [-0.15, -0.1) is 0 Å². The van der Waals surface area contributed by atoms with Crippen molar-refractivity contribution in [2.24, 2.45) is 0 Å². The maximum Gasteiger partial charge on any atom is 0.374 e. The van der Waals surface area contributed by atoms with Crippen LogP contribution in [0.25, 0.3) is 0 Å². The van der Waals surface area contributed by atoms with Gasteiger partial charge in [0.25, 0.3) is 5.91 Å². The fraction of sp³-hybridized carbons (Fsp3) is 0.143. The van der Waals surface area contributed by atoms with Gasteiger partial charge in [0, 0.05) is 10.2 Å². The van der Waals surface area contributed by atoms with Crippen LogP contribution < -0.4 is 5.32 Å². The second kappa shape index (κ2) is 6.78. The average Bonchev–Trinajstić information content (AvgIpc) is 3.00. The van der Waals surface area contributed by atoms with Crippen molar-refractivity contribution in [3.63, 3.8) is 0 Å². The van der Waals surface area contributed by atoms with E-state index in [1.54, 1.807) is 25.1 Å². The van der Waals surface area contributed by atoms with Crippen molar-refractivity contribution >= 4 is 45.1 Å². The summed E-state index contributed by atoms with van der Waals surface area (Å²) in [6.45, 7) is 1.37. The van der Waals surface area contributed by atoms with E-state index in [2.05, 4.69) is 21.2 Å². The van der Waals surface area contributed by atoms with E-state index in [9.17, 15) is 9.59 Å². The first kappa shape index (κ1) is 15.6. The lowest BCUT2D eigenvalue weighted by atomic mass is 10.2. The minimum atomic E-state index is -0.694. The van der Waals surface area contributed by atoms with Crippen LogP contribution in [0.2, 0.25) is 5.02 Å². The summed E-state index contributed by atoms with van der Waals surface area (Å²) in [6, 6.07) is 6.44.